The second-order valence-electron chi connectivity index (χ2n) is 3.64. The Morgan fingerprint density at radius 2 is 2.33 bits per heavy atom. The highest BCUT2D eigenvalue weighted by atomic mass is 16.3. The van der Waals surface area contributed by atoms with Crippen molar-refractivity contribution >= 4 is 0 Å². The summed E-state index contributed by atoms with van der Waals surface area (Å²) in [4.78, 5) is 2.47. The zero-order chi connectivity index (χ0) is 8.39. The molecule has 2 heterocycles. The second-order valence-corrected chi connectivity index (χ2v) is 3.64. The molecule has 0 saturated carbocycles. The van der Waals surface area contributed by atoms with Gasteiger partial charge in [-0.1, -0.05) is 0 Å². The fourth-order valence-electron chi connectivity index (χ4n) is 2.02. The molecule has 0 bridgehead atoms. The topological polar surface area (TPSA) is 47.5 Å². The summed E-state index contributed by atoms with van der Waals surface area (Å²) in [6.07, 6.45) is 0. The highest BCUT2D eigenvalue weighted by Gasteiger charge is 2.28. The number of hydrogen-bond donors (Lipinski definition) is 3. The van der Waals surface area contributed by atoms with Gasteiger partial charge in [-0.3, -0.25) is 4.90 Å². The van der Waals surface area contributed by atoms with Crippen LogP contribution in [0.4, 0.5) is 0 Å². The molecule has 1 unspecified atom stereocenters. The van der Waals surface area contributed by atoms with Crippen LogP contribution in [-0.2, 0) is 0 Å². The van der Waals surface area contributed by atoms with E-state index in [2.05, 4.69) is 15.5 Å². The number of nitrogens with zero attached hydrogens (tertiary/aromatic N) is 1. The van der Waals surface area contributed by atoms with E-state index in [1.54, 1.807) is 0 Å². The van der Waals surface area contributed by atoms with Gasteiger partial charge in [-0.05, 0) is 0 Å². The Labute approximate surface area is 72.9 Å². The Morgan fingerprint density at radius 3 is 3.17 bits per heavy atom. The first-order chi connectivity index (χ1) is 5.90. The summed E-state index contributed by atoms with van der Waals surface area (Å²) in [5, 5.41) is 15.7. The molecule has 2 saturated heterocycles. The lowest BCUT2D eigenvalue weighted by Gasteiger charge is -2.42. The van der Waals surface area contributed by atoms with Crippen LogP contribution in [0, 0.1) is 0 Å². The minimum Gasteiger partial charge on any atom is -0.395 e. The van der Waals surface area contributed by atoms with Crippen molar-refractivity contribution in [3.05, 3.63) is 0 Å². The summed E-state index contributed by atoms with van der Waals surface area (Å²) in [5.41, 5.74) is 0. The number of rotatable bonds is 1. The molecule has 0 aliphatic carbocycles. The molecule has 2 aliphatic heterocycles. The number of fused-ring (bicyclic) bond motifs is 1. The maximum absolute atomic E-state index is 8.98. The lowest BCUT2D eigenvalue weighted by atomic mass is 10.1. The van der Waals surface area contributed by atoms with Gasteiger partial charge in [0.2, 0.25) is 0 Å². The molecule has 4 nitrogen and oxygen atoms in total. The molecule has 0 aromatic heterocycles. The van der Waals surface area contributed by atoms with Crippen LogP contribution in [0.1, 0.15) is 0 Å². The molecule has 3 N–H and O–H groups in total. The lowest BCUT2D eigenvalue weighted by molar-refractivity contribution is 0.0832. The molecule has 0 aromatic carbocycles. The average Bonchev–Trinajstić information content (AvgIpc) is 2.17. The monoisotopic (exact) mass is 171 g/mol. The van der Waals surface area contributed by atoms with Crippen molar-refractivity contribution in [1.82, 2.24) is 15.5 Å². The quantitative estimate of drug-likeness (QED) is 0.437. The van der Waals surface area contributed by atoms with Gasteiger partial charge in [-0.15, -0.1) is 0 Å². The Balaban J connectivity index is 1.90. The average molecular weight is 171 g/mol. The zero-order valence-corrected chi connectivity index (χ0v) is 7.29. The fraction of sp³-hybridized carbons (Fsp3) is 1.00. The molecular formula is C8H17N3O. The van der Waals surface area contributed by atoms with Crippen LogP contribution in [0.15, 0.2) is 0 Å². The van der Waals surface area contributed by atoms with Gasteiger partial charge in [0.25, 0.3) is 0 Å². The molecule has 2 atom stereocenters. The number of nitrogens with one attached hydrogen (secondary N) is 2. The normalized spacial score (nSPS) is 37.8. The molecule has 2 rings (SSSR count). The first-order valence-electron chi connectivity index (χ1n) is 4.69. The van der Waals surface area contributed by atoms with E-state index in [9.17, 15) is 0 Å². The summed E-state index contributed by atoms with van der Waals surface area (Å²) >= 11 is 0. The lowest BCUT2D eigenvalue weighted by Crippen LogP contribution is -2.64. The summed E-state index contributed by atoms with van der Waals surface area (Å²) in [5.74, 6) is 0. The third-order valence-electron chi connectivity index (χ3n) is 2.79. The summed E-state index contributed by atoms with van der Waals surface area (Å²) in [6.45, 7) is 5.58. The van der Waals surface area contributed by atoms with Crippen molar-refractivity contribution in [1.29, 1.82) is 0 Å². The summed E-state index contributed by atoms with van der Waals surface area (Å²) in [7, 11) is 0. The predicted octanol–water partition coefficient (Wildman–Crippen LogP) is -1.78. The molecule has 2 fully saturated rings. The Kier molecular flexibility index (Phi) is 2.60. The van der Waals surface area contributed by atoms with Gasteiger partial charge < -0.3 is 15.7 Å². The Hall–Kier alpha value is -0.160. The van der Waals surface area contributed by atoms with Crippen molar-refractivity contribution in [2.75, 3.05) is 39.3 Å². The van der Waals surface area contributed by atoms with Gasteiger partial charge >= 0.3 is 0 Å². The Bertz CT molecular complexity index is 153. The van der Waals surface area contributed by atoms with Crippen LogP contribution in [0.5, 0.6) is 0 Å². The first kappa shape index (κ1) is 8.44. The van der Waals surface area contributed by atoms with Crippen molar-refractivity contribution in [2.45, 2.75) is 12.1 Å². The van der Waals surface area contributed by atoms with Crippen LogP contribution >= 0.6 is 0 Å². The number of aliphatic hydroxyl groups is 1. The number of piperazine rings is 2. The smallest absolute Gasteiger partial charge is 0.0597 e. The van der Waals surface area contributed by atoms with E-state index < -0.39 is 0 Å². The van der Waals surface area contributed by atoms with Crippen LogP contribution in [0.3, 0.4) is 0 Å². The Morgan fingerprint density at radius 1 is 1.42 bits per heavy atom. The van der Waals surface area contributed by atoms with Crippen molar-refractivity contribution in [3.8, 4) is 0 Å². The van der Waals surface area contributed by atoms with Gasteiger partial charge in [0.15, 0.2) is 0 Å². The van der Waals surface area contributed by atoms with Gasteiger partial charge in [0, 0.05) is 44.8 Å². The molecule has 0 radical (unpaired) electrons. The SMILES string of the molecule is OC[C@@H]1CN2CCNCC2CN1. The molecule has 4 heteroatoms. The molecule has 2 aliphatic rings. The summed E-state index contributed by atoms with van der Waals surface area (Å²) < 4.78 is 0. The first-order valence-corrected chi connectivity index (χ1v) is 4.69. The fourth-order valence-corrected chi connectivity index (χ4v) is 2.02. The summed E-state index contributed by atoms with van der Waals surface area (Å²) in [6, 6.07) is 0.931. The van der Waals surface area contributed by atoms with E-state index in [4.69, 9.17) is 5.11 Å². The van der Waals surface area contributed by atoms with E-state index in [1.807, 2.05) is 0 Å². The van der Waals surface area contributed by atoms with E-state index in [0.717, 1.165) is 32.7 Å². The van der Waals surface area contributed by atoms with Crippen LogP contribution < -0.4 is 10.6 Å². The standard InChI is InChI=1S/C8H17N3O/c12-6-7-5-11-2-1-9-3-8(11)4-10-7/h7-10,12H,1-6H2/t7-,8?/m0/s1. The maximum Gasteiger partial charge on any atom is 0.0597 e. The van der Waals surface area contributed by atoms with E-state index in [-0.39, 0.29) is 6.61 Å². The van der Waals surface area contributed by atoms with Crippen LogP contribution in [-0.4, -0.2) is 61.4 Å². The van der Waals surface area contributed by atoms with E-state index in [1.165, 1.54) is 0 Å². The highest BCUT2D eigenvalue weighted by Crippen LogP contribution is 2.08. The molecule has 70 valence electrons. The molecule has 12 heavy (non-hydrogen) atoms. The van der Waals surface area contributed by atoms with Crippen LogP contribution in [0.25, 0.3) is 0 Å². The number of aliphatic hydroxyl groups excluding tert-OH is 1. The minimum atomic E-state index is 0.261. The van der Waals surface area contributed by atoms with E-state index >= 15 is 0 Å². The zero-order valence-electron chi connectivity index (χ0n) is 7.29. The van der Waals surface area contributed by atoms with Gasteiger partial charge in [0.05, 0.1) is 6.61 Å². The molecular weight excluding hydrogens is 154 g/mol. The van der Waals surface area contributed by atoms with Crippen molar-refractivity contribution in [3.63, 3.8) is 0 Å². The largest absolute Gasteiger partial charge is 0.395 e. The van der Waals surface area contributed by atoms with Crippen molar-refractivity contribution < 1.29 is 5.11 Å². The molecule has 0 amide bonds. The van der Waals surface area contributed by atoms with Crippen LogP contribution in [0.2, 0.25) is 0 Å². The third-order valence-corrected chi connectivity index (χ3v) is 2.79. The van der Waals surface area contributed by atoms with Crippen molar-refractivity contribution in [2.24, 2.45) is 0 Å². The highest BCUT2D eigenvalue weighted by molar-refractivity contribution is 4.89. The maximum atomic E-state index is 8.98. The second kappa shape index (κ2) is 3.70. The van der Waals surface area contributed by atoms with Gasteiger partial charge in [-0.25, -0.2) is 0 Å². The number of hydrogen-bond acceptors (Lipinski definition) is 4. The van der Waals surface area contributed by atoms with E-state index in [0.29, 0.717) is 12.1 Å². The predicted molar refractivity (Wildman–Crippen MR) is 47.1 cm³/mol. The minimum absolute atomic E-state index is 0.261. The third kappa shape index (κ3) is 1.61. The van der Waals surface area contributed by atoms with Gasteiger partial charge in [-0.2, -0.15) is 0 Å². The van der Waals surface area contributed by atoms with Gasteiger partial charge in [0.1, 0.15) is 0 Å². The molecule has 0 spiro atoms. The molecule has 0 aromatic rings.